The third-order valence-electron chi connectivity index (χ3n) is 7.16. The lowest BCUT2D eigenvalue weighted by atomic mass is 9.96. The Kier molecular flexibility index (Phi) is 12.6. The summed E-state index contributed by atoms with van der Waals surface area (Å²) in [6, 6.07) is 8.09. The summed E-state index contributed by atoms with van der Waals surface area (Å²) >= 11 is 1.15. The molecule has 10 nitrogen and oxygen atoms in total. The number of carbonyl (C=O) groups excluding carboxylic acids is 1. The lowest BCUT2D eigenvalue weighted by molar-refractivity contribution is 0.108. The Labute approximate surface area is 250 Å². The summed E-state index contributed by atoms with van der Waals surface area (Å²) in [5, 5.41) is 13.3. The summed E-state index contributed by atoms with van der Waals surface area (Å²) in [4.78, 5) is 25.7. The molecule has 0 spiro atoms. The van der Waals surface area contributed by atoms with Gasteiger partial charge in [-0.2, -0.15) is 0 Å². The van der Waals surface area contributed by atoms with Gasteiger partial charge in [0.1, 0.15) is 17.2 Å². The summed E-state index contributed by atoms with van der Waals surface area (Å²) < 4.78 is 27.9. The quantitative estimate of drug-likeness (QED) is 0.0885. The van der Waals surface area contributed by atoms with Crippen molar-refractivity contribution in [1.82, 2.24) is 0 Å². The molecule has 0 aliphatic rings. The van der Waals surface area contributed by atoms with Crippen LogP contribution in [0, 0.1) is 4.91 Å². The largest absolute Gasteiger partial charge is 0.496 e. The monoisotopic (exact) mass is 600 g/mol. The molecule has 42 heavy (non-hydrogen) atoms. The molecule has 0 aromatic heterocycles. The van der Waals surface area contributed by atoms with E-state index >= 15 is 0 Å². The zero-order valence-corrected chi connectivity index (χ0v) is 25.9. The van der Waals surface area contributed by atoms with Crippen molar-refractivity contribution in [3.63, 3.8) is 0 Å². The molecule has 3 aromatic rings. The molecule has 0 radical (unpaired) electrons. The van der Waals surface area contributed by atoms with Crippen LogP contribution in [0.5, 0.6) is 28.7 Å². The van der Waals surface area contributed by atoms with E-state index in [1.807, 2.05) is 0 Å². The first kappa shape index (κ1) is 32.8. The topological polar surface area (TPSA) is 125 Å². The maximum absolute atomic E-state index is 13.8. The lowest BCUT2D eigenvalue weighted by Gasteiger charge is -2.23. The highest BCUT2D eigenvalue weighted by atomic mass is 32.2. The van der Waals surface area contributed by atoms with Gasteiger partial charge in [-0.25, -0.2) is 0 Å². The van der Waals surface area contributed by atoms with E-state index in [1.54, 1.807) is 18.2 Å². The Balaban J connectivity index is 2.14. The minimum absolute atomic E-state index is 0.125. The lowest BCUT2D eigenvalue weighted by Crippen LogP contribution is -2.06. The number of ether oxygens (including phenoxy) is 5. The number of nitrogens with one attached hydrogen (secondary N) is 1. The second-order valence-electron chi connectivity index (χ2n) is 9.65. The summed E-state index contributed by atoms with van der Waals surface area (Å²) in [5.41, 5.74) is 3.69. The molecule has 0 heterocycles. The first-order valence-electron chi connectivity index (χ1n) is 13.9. The van der Waals surface area contributed by atoms with Crippen molar-refractivity contribution in [2.24, 2.45) is 5.18 Å². The van der Waals surface area contributed by atoms with Crippen LogP contribution in [0.3, 0.4) is 0 Å². The Morgan fingerprint density at radius 2 is 1.45 bits per heavy atom. The van der Waals surface area contributed by atoms with Crippen molar-refractivity contribution < 1.29 is 33.7 Å². The number of rotatable bonds is 17. The number of hydrogen-bond donors (Lipinski definition) is 2. The molecular formula is C31H40N2O8S. The van der Waals surface area contributed by atoms with Crippen molar-refractivity contribution in [3.05, 3.63) is 46.4 Å². The van der Waals surface area contributed by atoms with Gasteiger partial charge in [0.15, 0.2) is 11.5 Å². The zero-order chi connectivity index (χ0) is 30.6. The number of unbranched alkanes of at least 4 members (excludes halogenated alkanes) is 5. The van der Waals surface area contributed by atoms with E-state index < -0.39 is 0 Å². The molecule has 1 unspecified atom stereocenters. The number of nitrogens with zero attached hydrogens (tertiary/aromatic N) is 1. The van der Waals surface area contributed by atoms with E-state index in [0.29, 0.717) is 62.8 Å². The molecule has 3 rings (SSSR count). The van der Waals surface area contributed by atoms with Crippen LogP contribution in [0.15, 0.2) is 35.5 Å². The van der Waals surface area contributed by atoms with Crippen LogP contribution in [0.1, 0.15) is 73.0 Å². The first-order chi connectivity index (χ1) is 20.4. The second-order valence-corrected chi connectivity index (χ2v) is 10.8. The van der Waals surface area contributed by atoms with Gasteiger partial charge in [0.2, 0.25) is 10.9 Å². The minimum Gasteiger partial charge on any atom is -0.496 e. The maximum Gasteiger partial charge on any atom is 0.220 e. The van der Waals surface area contributed by atoms with Crippen molar-refractivity contribution in [1.29, 1.82) is 0 Å². The van der Waals surface area contributed by atoms with E-state index in [1.165, 1.54) is 54.1 Å². The second kappa shape index (κ2) is 16.1. The standard InChI is InChI=1S/C31H40N2O8S/c1-7-8-9-10-11-12-13-26(42-31(34)19-16-24(38-3)30(41-6)25(17-19)39-4)20-18-23(37-2)27-21(32-35)14-15-22(33-36)28(27)29(20)40-5/h14-18,26,32,35H,7-13H2,1-6H3. The Morgan fingerprint density at radius 3 is 2.00 bits per heavy atom. The Hall–Kier alpha value is -3.70. The molecule has 0 amide bonds. The van der Waals surface area contributed by atoms with Gasteiger partial charge in [-0.15, -0.1) is 4.91 Å². The predicted molar refractivity (Wildman–Crippen MR) is 167 cm³/mol. The SMILES string of the molecule is CCCCCCCCC(SC(=O)c1cc(OC)c(OC)c(OC)c1)c1cc(OC)c2c(NO)ccc(N=O)c2c1OC. The van der Waals surface area contributed by atoms with Gasteiger partial charge in [-0.3, -0.25) is 15.5 Å². The average molecular weight is 601 g/mol. The molecule has 228 valence electrons. The molecule has 1 atom stereocenters. The smallest absolute Gasteiger partial charge is 0.220 e. The number of anilines is 1. The number of thioether (sulfide) groups is 1. The number of nitroso groups, excluding NO2 is 1. The van der Waals surface area contributed by atoms with Crippen LogP contribution in [-0.2, 0) is 0 Å². The normalized spacial score (nSPS) is 11.6. The van der Waals surface area contributed by atoms with E-state index in [0.717, 1.165) is 43.9 Å². The number of carbonyl (C=O) groups is 1. The highest BCUT2D eigenvalue weighted by Gasteiger charge is 2.28. The van der Waals surface area contributed by atoms with Crippen LogP contribution in [0.4, 0.5) is 11.4 Å². The average Bonchev–Trinajstić information content (AvgIpc) is 3.03. The van der Waals surface area contributed by atoms with E-state index in [9.17, 15) is 14.9 Å². The van der Waals surface area contributed by atoms with Gasteiger partial charge >= 0.3 is 0 Å². The third kappa shape index (κ3) is 7.19. The van der Waals surface area contributed by atoms with Gasteiger partial charge in [-0.05, 0) is 41.9 Å². The Morgan fingerprint density at radius 1 is 0.833 bits per heavy atom. The van der Waals surface area contributed by atoms with E-state index in [-0.39, 0.29) is 16.1 Å². The highest BCUT2D eigenvalue weighted by Crippen LogP contribution is 2.51. The number of fused-ring (bicyclic) bond motifs is 1. The van der Waals surface area contributed by atoms with Gasteiger partial charge in [-0.1, -0.05) is 57.2 Å². The minimum atomic E-state index is -0.360. The van der Waals surface area contributed by atoms with Crippen molar-refractivity contribution in [2.75, 3.05) is 41.0 Å². The molecule has 11 heteroatoms. The van der Waals surface area contributed by atoms with Crippen molar-refractivity contribution >= 4 is 39.0 Å². The first-order valence-corrected chi connectivity index (χ1v) is 14.8. The molecule has 0 fully saturated rings. The molecule has 3 aromatic carbocycles. The van der Waals surface area contributed by atoms with Crippen LogP contribution in [-0.4, -0.2) is 45.9 Å². The number of hydrogen-bond acceptors (Lipinski definition) is 11. The fourth-order valence-corrected chi connectivity index (χ4v) is 6.17. The molecule has 0 aliphatic carbocycles. The van der Waals surface area contributed by atoms with Gasteiger partial charge in [0.05, 0.1) is 52.0 Å². The van der Waals surface area contributed by atoms with E-state index in [4.69, 9.17) is 23.7 Å². The van der Waals surface area contributed by atoms with Gasteiger partial charge in [0, 0.05) is 16.4 Å². The molecular weight excluding hydrogens is 560 g/mol. The fraction of sp³-hybridized carbons (Fsp3) is 0.452. The highest BCUT2D eigenvalue weighted by molar-refractivity contribution is 8.14. The van der Waals surface area contributed by atoms with Crippen molar-refractivity contribution in [2.45, 2.75) is 57.1 Å². The number of methoxy groups -OCH3 is 5. The van der Waals surface area contributed by atoms with Crippen LogP contribution in [0.25, 0.3) is 10.8 Å². The Bertz CT molecular complexity index is 1360. The number of benzene rings is 3. The van der Waals surface area contributed by atoms with Crippen LogP contribution >= 0.6 is 11.8 Å². The molecule has 0 saturated carbocycles. The summed E-state index contributed by atoms with van der Waals surface area (Å²) in [7, 11) is 7.52. The third-order valence-corrected chi connectivity index (χ3v) is 8.39. The zero-order valence-electron chi connectivity index (χ0n) is 25.1. The molecule has 0 bridgehead atoms. The maximum atomic E-state index is 13.8. The van der Waals surface area contributed by atoms with Crippen molar-refractivity contribution in [3.8, 4) is 28.7 Å². The summed E-state index contributed by atoms with van der Waals surface area (Å²) in [6.07, 6.45) is 7.18. The summed E-state index contributed by atoms with van der Waals surface area (Å²) in [5.74, 6) is 1.94. The van der Waals surface area contributed by atoms with E-state index in [2.05, 4.69) is 17.6 Å². The van der Waals surface area contributed by atoms with Gasteiger partial charge in [0.25, 0.3) is 0 Å². The van der Waals surface area contributed by atoms with Crippen LogP contribution < -0.4 is 29.2 Å². The molecule has 2 N–H and O–H groups in total. The predicted octanol–water partition coefficient (Wildman–Crippen LogP) is 8.45. The van der Waals surface area contributed by atoms with Gasteiger partial charge < -0.3 is 23.7 Å². The fourth-order valence-electron chi connectivity index (χ4n) is 5.07. The molecule has 0 aliphatic heterocycles. The van der Waals surface area contributed by atoms with Crippen LogP contribution in [0.2, 0.25) is 0 Å². The molecule has 0 saturated heterocycles. The summed E-state index contributed by atoms with van der Waals surface area (Å²) in [6.45, 7) is 2.18.